The topological polar surface area (TPSA) is 71.1 Å². The molecule has 1 aliphatic heterocycles. The highest BCUT2D eigenvalue weighted by Gasteiger charge is 2.29. The van der Waals surface area contributed by atoms with Crippen molar-refractivity contribution >= 4 is 17.7 Å². The first-order chi connectivity index (χ1) is 14.2. The molecule has 1 fully saturated rings. The minimum Gasteiger partial charge on any atom is -0.497 e. The number of carbonyl (C=O) groups is 1. The van der Waals surface area contributed by atoms with Crippen molar-refractivity contribution in [3.63, 3.8) is 0 Å². The fourth-order valence-electron chi connectivity index (χ4n) is 3.45. The lowest BCUT2D eigenvalue weighted by Gasteiger charge is -2.30. The zero-order chi connectivity index (χ0) is 20.1. The number of aromatic nitrogens is 3. The lowest BCUT2D eigenvalue weighted by atomic mass is 10.1. The van der Waals surface area contributed by atoms with Crippen molar-refractivity contribution in [1.29, 1.82) is 0 Å². The smallest absolute Gasteiger partial charge is 0.240 e. The quantitative estimate of drug-likeness (QED) is 0.615. The molecule has 0 radical (unpaired) electrons. The second-order valence-electron chi connectivity index (χ2n) is 6.99. The lowest BCUT2D eigenvalue weighted by Crippen LogP contribution is -2.38. The van der Waals surface area contributed by atoms with Gasteiger partial charge in [-0.2, -0.15) is 0 Å². The van der Waals surface area contributed by atoms with E-state index < -0.39 is 0 Å². The molecule has 1 N–H and O–H groups in total. The van der Waals surface area contributed by atoms with E-state index in [2.05, 4.69) is 15.2 Å². The molecule has 7 heteroatoms. The molecule has 4 rings (SSSR count). The van der Waals surface area contributed by atoms with Crippen molar-refractivity contribution in [2.75, 3.05) is 20.2 Å². The van der Waals surface area contributed by atoms with Crippen LogP contribution in [0.15, 0.2) is 59.8 Å². The Kier molecular flexibility index (Phi) is 6.14. The van der Waals surface area contributed by atoms with E-state index in [1.807, 2.05) is 59.5 Å². The number of hydrogen-bond acceptors (Lipinski definition) is 5. The van der Waals surface area contributed by atoms with Crippen LogP contribution in [0.2, 0.25) is 0 Å². The molecule has 0 unspecified atom stereocenters. The summed E-state index contributed by atoms with van der Waals surface area (Å²) in [6.07, 6.45) is 3.33. The van der Waals surface area contributed by atoms with Gasteiger partial charge in [0.05, 0.1) is 7.11 Å². The van der Waals surface area contributed by atoms with Crippen molar-refractivity contribution in [2.45, 2.75) is 29.7 Å². The monoisotopic (exact) mass is 408 g/mol. The fourth-order valence-corrected chi connectivity index (χ4v) is 4.45. The van der Waals surface area contributed by atoms with Crippen molar-refractivity contribution in [3.8, 4) is 17.1 Å². The molecule has 150 valence electrons. The van der Waals surface area contributed by atoms with Crippen LogP contribution in [-0.2, 0) is 4.79 Å². The molecule has 0 saturated carbocycles. The van der Waals surface area contributed by atoms with Gasteiger partial charge >= 0.3 is 0 Å². The van der Waals surface area contributed by atoms with Gasteiger partial charge in [0.25, 0.3) is 0 Å². The van der Waals surface area contributed by atoms with E-state index in [1.54, 1.807) is 7.11 Å². The number of rotatable bonds is 6. The number of H-pyrrole nitrogens is 1. The predicted molar refractivity (Wildman–Crippen MR) is 114 cm³/mol. The molecule has 1 saturated heterocycles. The number of likely N-dealkylation sites (tertiary alicyclic amines) is 1. The molecule has 1 aromatic heterocycles. The van der Waals surface area contributed by atoms with Crippen molar-refractivity contribution < 1.29 is 9.53 Å². The Labute approximate surface area is 174 Å². The van der Waals surface area contributed by atoms with Gasteiger partial charge in [0, 0.05) is 18.7 Å². The predicted octanol–water partition coefficient (Wildman–Crippen LogP) is 4.33. The number of amides is 1. The van der Waals surface area contributed by atoms with E-state index >= 15 is 0 Å². The summed E-state index contributed by atoms with van der Waals surface area (Å²) in [5.41, 5.74) is 1.90. The van der Waals surface area contributed by atoms with Crippen molar-refractivity contribution in [3.05, 3.63) is 60.2 Å². The molecule has 29 heavy (non-hydrogen) atoms. The molecule has 1 amide bonds. The first-order valence-corrected chi connectivity index (χ1v) is 10.7. The standard InChI is InChI=1S/C22H24N4O2S/c1-28-18-12-10-17(11-13-18)20-23-22(25-24-20)29-19(16-8-4-2-5-9-16)21(27)26-14-6-3-7-15-26/h2,4-5,8-13,19H,3,6-7,14-15H2,1H3,(H,23,24,25)/t19-/m1/s1. The molecule has 2 heterocycles. The average molecular weight is 409 g/mol. The summed E-state index contributed by atoms with van der Waals surface area (Å²) in [6, 6.07) is 17.5. The SMILES string of the molecule is COc1ccc(-c2nc(S[C@@H](C(=O)N3CCCCC3)c3ccccc3)n[nH]2)cc1. The Morgan fingerprint density at radius 3 is 2.48 bits per heavy atom. The number of nitrogens with one attached hydrogen (secondary N) is 1. The minimum atomic E-state index is -0.353. The maximum absolute atomic E-state index is 13.3. The summed E-state index contributed by atoms with van der Waals surface area (Å²) < 4.78 is 5.20. The maximum atomic E-state index is 13.3. The van der Waals surface area contributed by atoms with Crippen LogP contribution in [0.5, 0.6) is 5.75 Å². The maximum Gasteiger partial charge on any atom is 0.240 e. The first kappa shape index (κ1) is 19.5. The third-order valence-corrected chi connectivity index (χ3v) is 6.15. The number of piperidine rings is 1. The van der Waals surface area contributed by atoms with Crippen LogP contribution in [0.1, 0.15) is 30.1 Å². The van der Waals surface area contributed by atoms with Crippen molar-refractivity contribution in [2.24, 2.45) is 0 Å². The third kappa shape index (κ3) is 4.62. The second-order valence-corrected chi connectivity index (χ2v) is 8.06. The Morgan fingerprint density at radius 2 is 1.79 bits per heavy atom. The third-order valence-electron chi connectivity index (χ3n) is 5.05. The Balaban J connectivity index is 1.56. The number of ether oxygens (including phenoxy) is 1. The van der Waals surface area contributed by atoms with Gasteiger partial charge in [-0.3, -0.25) is 9.89 Å². The van der Waals surface area contributed by atoms with Crippen LogP contribution >= 0.6 is 11.8 Å². The van der Waals surface area contributed by atoms with Gasteiger partial charge in [0.1, 0.15) is 11.0 Å². The number of carbonyl (C=O) groups excluding carboxylic acids is 1. The van der Waals surface area contributed by atoms with E-state index in [0.717, 1.165) is 42.8 Å². The number of aromatic amines is 1. The average Bonchev–Trinajstić information content (AvgIpc) is 3.27. The zero-order valence-corrected chi connectivity index (χ0v) is 17.2. The summed E-state index contributed by atoms with van der Waals surface area (Å²) >= 11 is 1.40. The lowest BCUT2D eigenvalue weighted by molar-refractivity contribution is -0.131. The summed E-state index contributed by atoms with van der Waals surface area (Å²) in [7, 11) is 1.64. The molecular weight excluding hydrogens is 384 g/mol. The Bertz CT molecular complexity index is 937. The largest absolute Gasteiger partial charge is 0.497 e. The van der Waals surface area contributed by atoms with Gasteiger partial charge in [0.15, 0.2) is 5.82 Å². The molecule has 0 bridgehead atoms. The van der Waals surface area contributed by atoms with E-state index in [4.69, 9.17) is 4.74 Å². The van der Waals surface area contributed by atoms with Crippen molar-refractivity contribution in [1.82, 2.24) is 20.1 Å². The van der Waals surface area contributed by atoms with Gasteiger partial charge in [-0.15, -0.1) is 5.10 Å². The van der Waals surface area contributed by atoms with E-state index in [1.165, 1.54) is 18.2 Å². The Morgan fingerprint density at radius 1 is 1.07 bits per heavy atom. The minimum absolute atomic E-state index is 0.136. The van der Waals surface area contributed by atoms with Crippen LogP contribution in [-0.4, -0.2) is 46.2 Å². The molecule has 0 spiro atoms. The zero-order valence-electron chi connectivity index (χ0n) is 16.4. The molecule has 1 atom stereocenters. The highest BCUT2D eigenvalue weighted by Crippen LogP contribution is 2.36. The first-order valence-electron chi connectivity index (χ1n) is 9.82. The van der Waals surface area contributed by atoms with Gasteiger partial charge in [-0.25, -0.2) is 4.98 Å². The van der Waals surface area contributed by atoms with Crippen LogP contribution in [0.4, 0.5) is 0 Å². The summed E-state index contributed by atoms with van der Waals surface area (Å²) in [5, 5.41) is 7.55. The molecule has 1 aliphatic rings. The number of benzene rings is 2. The van der Waals surface area contributed by atoms with Crippen LogP contribution in [0.25, 0.3) is 11.4 Å². The summed E-state index contributed by atoms with van der Waals surface area (Å²) in [6.45, 7) is 1.65. The molecule has 6 nitrogen and oxygen atoms in total. The fraction of sp³-hybridized carbons (Fsp3) is 0.318. The van der Waals surface area contributed by atoms with Crippen LogP contribution in [0, 0.1) is 0 Å². The molecule has 0 aliphatic carbocycles. The number of thioether (sulfide) groups is 1. The number of methoxy groups -OCH3 is 1. The van der Waals surface area contributed by atoms with Gasteiger partial charge in [0.2, 0.25) is 11.1 Å². The number of nitrogens with zero attached hydrogens (tertiary/aromatic N) is 3. The van der Waals surface area contributed by atoms with E-state index in [0.29, 0.717) is 11.0 Å². The molecular formula is C22H24N4O2S. The Hall–Kier alpha value is -2.80. The van der Waals surface area contributed by atoms with Crippen LogP contribution < -0.4 is 4.74 Å². The number of hydrogen-bond donors (Lipinski definition) is 1. The normalized spacial score (nSPS) is 15.1. The highest BCUT2D eigenvalue weighted by atomic mass is 32.2. The van der Waals surface area contributed by atoms with E-state index in [-0.39, 0.29) is 11.2 Å². The van der Waals surface area contributed by atoms with E-state index in [9.17, 15) is 4.79 Å². The summed E-state index contributed by atoms with van der Waals surface area (Å²) in [4.78, 5) is 19.9. The summed E-state index contributed by atoms with van der Waals surface area (Å²) in [5.74, 6) is 1.60. The van der Waals surface area contributed by atoms with Gasteiger partial charge < -0.3 is 9.64 Å². The molecule has 3 aromatic rings. The van der Waals surface area contributed by atoms with Gasteiger partial charge in [-0.05, 0) is 49.1 Å². The van der Waals surface area contributed by atoms with Crippen LogP contribution in [0.3, 0.4) is 0 Å². The highest BCUT2D eigenvalue weighted by molar-refractivity contribution is 8.00. The van der Waals surface area contributed by atoms with Gasteiger partial charge in [-0.1, -0.05) is 42.1 Å². The second kappa shape index (κ2) is 9.13. The molecule has 2 aromatic carbocycles.